The van der Waals surface area contributed by atoms with E-state index in [4.69, 9.17) is 0 Å². The highest BCUT2D eigenvalue weighted by Gasteiger charge is 2.34. The number of ether oxygens (including phenoxy) is 1. The molecule has 0 saturated heterocycles. The predicted octanol–water partition coefficient (Wildman–Crippen LogP) is 4.02. The van der Waals surface area contributed by atoms with Gasteiger partial charge in [-0.25, -0.2) is 4.79 Å². The van der Waals surface area contributed by atoms with Crippen molar-refractivity contribution < 1.29 is 22.7 Å². The first kappa shape index (κ1) is 15.2. The molecule has 1 aliphatic rings. The second kappa shape index (κ2) is 5.67. The number of hydrogen-bond acceptors (Lipinski definition) is 2. The van der Waals surface area contributed by atoms with E-state index in [1.54, 1.807) is 0 Å². The van der Waals surface area contributed by atoms with Crippen LogP contribution in [-0.4, -0.2) is 12.4 Å². The monoisotopic (exact) mass is 299 g/mol. The van der Waals surface area contributed by atoms with Gasteiger partial charge in [-0.2, -0.15) is 5.32 Å². The Labute approximate surface area is 120 Å². The number of halogens is 3. The van der Waals surface area contributed by atoms with Gasteiger partial charge >= 0.3 is 12.4 Å². The topological polar surface area (TPSA) is 43.6 Å². The summed E-state index contributed by atoms with van der Waals surface area (Å²) >= 11 is 0. The number of allylic oxidation sites excluding steroid dienone is 1. The lowest BCUT2D eigenvalue weighted by Crippen LogP contribution is -2.26. The molecule has 0 unspecified atom stereocenters. The average molecular weight is 299 g/mol. The largest absolute Gasteiger partial charge is 0.573 e. The van der Waals surface area contributed by atoms with E-state index >= 15 is 0 Å². The zero-order valence-electron chi connectivity index (χ0n) is 11.5. The Bertz CT molecular complexity index is 568. The van der Waals surface area contributed by atoms with Gasteiger partial charge in [0.2, 0.25) is 0 Å². The number of anilines is 1. The van der Waals surface area contributed by atoms with Crippen LogP contribution in [0.4, 0.5) is 23.7 Å². The lowest BCUT2D eigenvalue weighted by atomic mass is 10.1. The molecule has 0 atom stereocenters. The van der Waals surface area contributed by atoms with Crippen LogP contribution in [0.25, 0.3) is 0 Å². The second-order valence-corrected chi connectivity index (χ2v) is 5.00. The first-order valence-electron chi connectivity index (χ1n) is 6.36. The predicted molar refractivity (Wildman–Crippen MR) is 70.7 cm³/mol. The molecule has 0 fully saturated rings. The zero-order chi connectivity index (χ0) is 15.6. The van der Waals surface area contributed by atoms with Gasteiger partial charge in [0.05, 0.1) is 11.4 Å². The van der Waals surface area contributed by atoms with E-state index in [0.717, 1.165) is 11.0 Å². The summed E-state index contributed by atoms with van der Waals surface area (Å²) in [6.07, 6.45) is -2.80. The van der Waals surface area contributed by atoms with E-state index in [9.17, 15) is 18.0 Å². The molecule has 1 aliphatic heterocycles. The highest BCUT2D eigenvalue weighted by molar-refractivity contribution is 5.98. The number of amides is 2. The zero-order valence-corrected chi connectivity index (χ0v) is 11.5. The van der Waals surface area contributed by atoms with E-state index < -0.39 is 18.1 Å². The number of para-hydroxylation sites is 2. The second-order valence-electron chi connectivity index (χ2n) is 5.00. The van der Waals surface area contributed by atoms with Gasteiger partial charge in [-0.15, -0.1) is 13.2 Å². The van der Waals surface area contributed by atoms with Crippen molar-refractivity contribution in [1.82, 2.24) is 5.32 Å². The first-order chi connectivity index (χ1) is 9.76. The molecule has 1 radical (unpaired) electrons. The molecule has 113 valence electrons. The molecule has 0 aliphatic carbocycles. The Kier molecular flexibility index (Phi) is 4.11. The van der Waals surface area contributed by atoms with Gasteiger partial charge in [0, 0.05) is 6.20 Å². The maximum Gasteiger partial charge on any atom is 0.573 e. The quantitative estimate of drug-likeness (QED) is 0.843. The van der Waals surface area contributed by atoms with Crippen molar-refractivity contribution in [3.63, 3.8) is 0 Å². The number of carbonyl (C=O) groups excluding carboxylic acids is 1. The molecule has 1 aromatic rings. The maximum atomic E-state index is 12.4. The minimum Gasteiger partial charge on any atom is -0.404 e. The Hall–Kier alpha value is -2.18. The van der Waals surface area contributed by atoms with E-state index in [-0.39, 0.29) is 11.6 Å². The standard InChI is InChI=1S/C14H14F3N2O2/c1-9(2)7-10-8-19(13(20)18-10)11-5-3-4-6-12(11)21-14(15,16)17/h3-6,8-9H,7H2,1-2H3. The van der Waals surface area contributed by atoms with Crippen molar-refractivity contribution in [2.24, 2.45) is 5.92 Å². The molecular weight excluding hydrogens is 285 g/mol. The Balaban J connectivity index is 2.29. The Morgan fingerprint density at radius 3 is 2.57 bits per heavy atom. The summed E-state index contributed by atoms with van der Waals surface area (Å²) in [6, 6.07) is 4.85. The van der Waals surface area contributed by atoms with Crippen molar-refractivity contribution >= 4 is 11.7 Å². The van der Waals surface area contributed by atoms with Crippen LogP contribution in [0.3, 0.4) is 0 Å². The Morgan fingerprint density at radius 1 is 1.29 bits per heavy atom. The summed E-state index contributed by atoms with van der Waals surface area (Å²) in [7, 11) is 0. The number of nitrogens with zero attached hydrogens (tertiary/aromatic N) is 2. The molecule has 21 heavy (non-hydrogen) atoms. The van der Waals surface area contributed by atoms with Crippen molar-refractivity contribution in [2.45, 2.75) is 26.6 Å². The molecule has 1 heterocycles. The number of benzene rings is 1. The van der Waals surface area contributed by atoms with E-state index in [1.807, 2.05) is 13.8 Å². The van der Waals surface area contributed by atoms with Crippen LogP contribution >= 0.6 is 0 Å². The van der Waals surface area contributed by atoms with Crippen molar-refractivity contribution in [1.29, 1.82) is 0 Å². The van der Waals surface area contributed by atoms with Crippen molar-refractivity contribution in [3.05, 3.63) is 36.2 Å². The van der Waals surface area contributed by atoms with Gasteiger partial charge in [0.25, 0.3) is 0 Å². The molecule has 4 nitrogen and oxygen atoms in total. The molecule has 7 heteroatoms. The van der Waals surface area contributed by atoms with E-state index in [2.05, 4.69) is 10.1 Å². The maximum absolute atomic E-state index is 12.4. The van der Waals surface area contributed by atoms with Gasteiger partial charge in [0.1, 0.15) is 0 Å². The van der Waals surface area contributed by atoms with Gasteiger partial charge in [-0.1, -0.05) is 26.0 Å². The molecular formula is C14H14F3N2O2. The molecule has 2 amide bonds. The lowest BCUT2D eigenvalue weighted by Gasteiger charge is -2.17. The Morgan fingerprint density at radius 2 is 1.95 bits per heavy atom. The first-order valence-corrected chi connectivity index (χ1v) is 6.36. The third-order valence-electron chi connectivity index (χ3n) is 2.69. The van der Waals surface area contributed by atoms with Gasteiger partial charge in [0.15, 0.2) is 5.75 Å². The van der Waals surface area contributed by atoms with Crippen LogP contribution in [0.2, 0.25) is 0 Å². The average Bonchev–Trinajstić information content (AvgIpc) is 2.67. The third kappa shape index (κ3) is 3.90. The SMILES string of the molecule is CC(C)CC1=CN(c2ccccc2OC(F)(F)F)C(=O)[N]1. The summed E-state index contributed by atoms with van der Waals surface area (Å²) in [5.74, 6) is -0.148. The summed E-state index contributed by atoms with van der Waals surface area (Å²) < 4.78 is 41.1. The number of urea groups is 1. The van der Waals surface area contributed by atoms with Crippen LogP contribution in [0.15, 0.2) is 36.2 Å². The highest BCUT2D eigenvalue weighted by atomic mass is 19.4. The van der Waals surface area contributed by atoms with Crippen LogP contribution < -0.4 is 15.0 Å². The molecule has 0 aromatic heterocycles. The fourth-order valence-electron chi connectivity index (χ4n) is 1.97. The number of rotatable bonds is 4. The smallest absolute Gasteiger partial charge is 0.404 e. The molecule has 0 spiro atoms. The lowest BCUT2D eigenvalue weighted by molar-refractivity contribution is -0.274. The molecule has 0 N–H and O–H groups in total. The molecule has 0 saturated carbocycles. The van der Waals surface area contributed by atoms with E-state index in [1.165, 1.54) is 24.4 Å². The van der Waals surface area contributed by atoms with Crippen molar-refractivity contribution in [2.75, 3.05) is 4.90 Å². The normalized spacial score (nSPS) is 15.2. The van der Waals surface area contributed by atoms with Gasteiger partial charge < -0.3 is 4.74 Å². The molecule has 0 bridgehead atoms. The van der Waals surface area contributed by atoms with E-state index in [0.29, 0.717) is 12.1 Å². The van der Waals surface area contributed by atoms with Crippen LogP contribution in [0, 0.1) is 5.92 Å². The summed E-state index contributed by atoms with van der Waals surface area (Å²) in [5.41, 5.74) is 0.555. The molecule has 1 aromatic carbocycles. The fourth-order valence-corrected chi connectivity index (χ4v) is 1.97. The highest BCUT2D eigenvalue weighted by Crippen LogP contribution is 2.35. The number of alkyl halides is 3. The number of carbonyl (C=O) groups is 1. The minimum absolute atomic E-state index is 0.0160. The van der Waals surface area contributed by atoms with Gasteiger partial charge in [-0.05, 0) is 24.5 Å². The minimum atomic E-state index is -4.82. The van der Waals surface area contributed by atoms with Crippen LogP contribution in [-0.2, 0) is 0 Å². The molecule has 2 rings (SSSR count). The number of hydrogen-bond donors (Lipinski definition) is 0. The van der Waals surface area contributed by atoms with Crippen LogP contribution in [0.5, 0.6) is 5.75 Å². The third-order valence-corrected chi connectivity index (χ3v) is 2.69. The summed E-state index contributed by atoms with van der Waals surface area (Å²) in [4.78, 5) is 12.9. The summed E-state index contributed by atoms with van der Waals surface area (Å²) in [6.45, 7) is 3.93. The summed E-state index contributed by atoms with van der Waals surface area (Å²) in [5, 5.41) is 3.84. The fraction of sp³-hybridized carbons (Fsp3) is 0.357. The van der Waals surface area contributed by atoms with Gasteiger partial charge in [-0.3, -0.25) is 4.90 Å². The van der Waals surface area contributed by atoms with Crippen molar-refractivity contribution in [3.8, 4) is 5.75 Å². The van der Waals surface area contributed by atoms with Crippen LogP contribution in [0.1, 0.15) is 20.3 Å².